The number of nitrogen functional groups attached to an aromatic ring is 1. The predicted octanol–water partition coefficient (Wildman–Crippen LogP) is 0.259. The second-order valence-electron chi connectivity index (χ2n) is 3.34. The van der Waals surface area contributed by atoms with Crippen molar-refractivity contribution in [3.8, 4) is 0 Å². The van der Waals surface area contributed by atoms with Gasteiger partial charge in [0.2, 0.25) is 0 Å². The highest BCUT2D eigenvalue weighted by atomic mass is 32.1. The molecule has 3 N–H and O–H groups in total. The summed E-state index contributed by atoms with van der Waals surface area (Å²) in [6.45, 7) is 2.89. The van der Waals surface area contributed by atoms with E-state index in [0.29, 0.717) is 6.10 Å². The summed E-state index contributed by atoms with van der Waals surface area (Å²) in [6.07, 6.45) is 0.403. The first-order chi connectivity index (χ1) is 6.81. The van der Waals surface area contributed by atoms with Crippen molar-refractivity contribution in [2.24, 2.45) is 5.84 Å². The van der Waals surface area contributed by atoms with E-state index in [-0.39, 0.29) is 0 Å². The first-order valence-corrected chi connectivity index (χ1v) is 5.36. The third kappa shape index (κ3) is 2.03. The van der Waals surface area contributed by atoms with Crippen LogP contribution in [0.3, 0.4) is 0 Å². The summed E-state index contributed by atoms with van der Waals surface area (Å²) in [6, 6.07) is 0. The number of rotatable bonds is 4. The van der Waals surface area contributed by atoms with E-state index in [1.54, 1.807) is 7.11 Å². The Morgan fingerprint density at radius 3 is 3.14 bits per heavy atom. The number of hydrazine groups is 1. The minimum atomic E-state index is 0.403. The van der Waals surface area contributed by atoms with Crippen molar-refractivity contribution in [2.75, 3.05) is 25.6 Å². The van der Waals surface area contributed by atoms with Crippen LogP contribution in [0.4, 0.5) is 5.13 Å². The Morgan fingerprint density at radius 2 is 2.57 bits per heavy atom. The molecule has 0 radical (unpaired) electrons. The van der Waals surface area contributed by atoms with E-state index in [1.165, 1.54) is 11.3 Å². The van der Waals surface area contributed by atoms with Crippen LogP contribution >= 0.6 is 11.3 Å². The molecule has 78 valence electrons. The van der Waals surface area contributed by atoms with Crippen molar-refractivity contribution in [3.63, 3.8) is 0 Å². The lowest BCUT2D eigenvalue weighted by molar-refractivity contribution is -0.0338. The van der Waals surface area contributed by atoms with Crippen molar-refractivity contribution >= 4 is 16.5 Å². The second kappa shape index (κ2) is 4.22. The molecule has 2 heterocycles. The SMILES string of the molecule is COC1CN(Cc2csc(NN)n2)C1. The third-order valence-electron chi connectivity index (χ3n) is 2.32. The van der Waals surface area contributed by atoms with Gasteiger partial charge in [-0.05, 0) is 0 Å². The summed E-state index contributed by atoms with van der Waals surface area (Å²) in [5.74, 6) is 5.25. The normalized spacial score (nSPS) is 18.1. The lowest BCUT2D eigenvalue weighted by atomic mass is 10.1. The van der Waals surface area contributed by atoms with Gasteiger partial charge in [0, 0.05) is 32.1 Å². The van der Waals surface area contributed by atoms with Crippen LogP contribution in [0.15, 0.2) is 5.38 Å². The van der Waals surface area contributed by atoms with Crippen molar-refractivity contribution in [3.05, 3.63) is 11.1 Å². The van der Waals surface area contributed by atoms with Crippen molar-refractivity contribution in [1.29, 1.82) is 0 Å². The van der Waals surface area contributed by atoms with Crippen LogP contribution in [0.5, 0.6) is 0 Å². The van der Waals surface area contributed by atoms with Crippen molar-refractivity contribution in [1.82, 2.24) is 9.88 Å². The molecule has 0 amide bonds. The Balaban J connectivity index is 1.81. The number of ether oxygens (including phenoxy) is 1. The topological polar surface area (TPSA) is 63.4 Å². The Bertz CT molecular complexity index is 297. The predicted molar refractivity (Wildman–Crippen MR) is 56.0 cm³/mol. The third-order valence-corrected chi connectivity index (χ3v) is 3.14. The lowest BCUT2D eigenvalue weighted by Gasteiger charge is -2.37. The van der Waals surface area contributed by atoms with Crippen molar-refractivity contribution < 1.29 is 4.74 Å². The van der Waals surface area contributed by atoms with Gasteiger partial charge in [0.05, 0.1) is 11.8 Å². The minimum absolute atomic E-state index is 0.403. The van der Waals surface area contributed by atoms with E-state index in [4.69, 9.17) is 10.6 Å². The fourth-order valence-electron chi connectivity index (χ4n) is 1.48. The molecule has 0 aromatic carbocycles. The molecule has 1 aromatic rings. The quantitative estimate of drug-likeness (QED) is 0.556. The highest BCUT2D eigenvalue weighted by Gasteiger charge is 2.26. The van der Waals surface area contributed by atoms with E-state index in [2.05, 4.69) is 15.3 Å². The Labute approximate surface area is 86.8 Å². The van der Waals surface area contributed by atoms with E-state index in [9.17, 15) is 0 Å². The molecule has 0 saturated carbocycles. The van der Waals surface area contributed by atoms with Gasteiger partial charge in [-0.1, -0.05) is 0 Å². The molecule has 0 aliphatic carbocycles. The molecule has 5 nitrogen and oxygen atoms in total. The molecule has 14 heavy (non-hydrogen) atoms. The van der Waals surface area contributed by atoms with Crippen LogP contribution in [0.2, 0.25) is 0 Å². The first-order valence-electron chi connectivity index (χ1n) is 4.48. The van der Waals surface area contributed by atoms with Gasteiger partial charge in [-0.15, -0.1) is 11.3 Å². The number of hydrogen-bond donors (Lipinski definition) is 2. The summed E-state index contributed by atoms with van der Waals surface area (Å²) in [7, 11) is 1.75. The van der Waals surface area contributed by atoms with Crippen LogP contribution in [0, 0.1) is 0 Å². The first kappa shape index (κ1) is 9.85. The average molecular weight is 214 g/mol. The van der Waals surface area contributed by atoms with Gasteiger partial charge in [-0.2, -0.15) is 0 Å². The summed E-state index contributed by atoms with van der Waals surface area (Å²) in [5.41, 5.74) is 3.61. The lowest BCUT2D eigenvalue weighted by Crippen LogP contribution is -2.50. The van der Waals surface area contributed by atoms with Crippen LogP contribution in [-0.2, 0) is 11.3 Å². The Kier molecular flexibility index (Phi) is 2.97. The maximum absolute atomic E-state index is 5.25. The fourth-order valence-corrected chi connectivity index (χ4v) is 2.09. The number of aromatic nitrogens is 1. The molecule has 1 fully saturated rings. The van der Waals surface area contributed by atoms with Crippen LogP contribution < -0.4 is 11.3 Å². The molecule has 0 bridgehead atoms. The van der Waals surface area contributed by atoms with Gasteiger partial charge in [0.1, 0.15) is 0 Å². The fraction of sp³-hybridized carbons (Fsp3) is 0.625. The van der Waals surface area contributed by atoms with E-state index >= 15 is 0 Å². The zero-order chi connectivity index (χ0) is 9.97. The van der Waals surface area contributed by atoms with Crippen molar-refractivity contribution in [2.45, 2.75) is 12.6 Å². The van der Waals surface area contributed by atoms with Gasteiger partial charge < -0.3 is 4.74 Å². The zero-order valence-corrected chi connectivity index (χ0v) is 8.88. The molecular weight excluding hydrogens is 200 g/mol. The molecule has 0 spiro atoms. The number of likely N-dealkylation sites (tertiary alicyclic amines) is 1. The molecule has 1 aliphatic heterocycles. The molecule has 0 atom stereocenters. The molecular formula is C8H14N4OS. The van der Waals surface area contributed by atoms with Gasteiger partial charge in [0.25, 0.3) is 0 Å². The number of thiazole rings is 1. The molecule has 1 aliphatic rings. The minimum Gasteiger partial charge on any atom is -0.379 e. The number of nitrogens with zero attached hydrogens (tertiary/aromatic N) is 2. The number of nitrogens with two attached hydrogens (primary N) is 1. The maximum atomic E-state index is 5.25. The van der Waals surface area contributed by atoms with E-state index in [0.717, 1.165) is 30.5 Å². The second-order valence-corrected chi connectivity index (χ2v) is 4.20. The van der Waals surface area contributed by atoms with Crippen LogP contribution in [0.1, 0.15) is 5.69 Å². The summed E-state index contributed by atoms with van der Waals surface area (Å²) >= 11 is 1.53. The van der Waals surface area contributed by atoms with Crippen LogP contribution in [-0.4, -0.2) is 36.2 Å². The number of methoxy groups -OCH3 is 1. The standard InChI is InChI=1S/C8H14N4OS/c1-13-7-3-12(4-7)2-6-5-14-8(10-6)11-9/h5,7H,2-4,9H2,1H3,(H,10,11). The van der Waals surface area contributed by atoms with Gasteiger partial charge in [-0.25, -0.2) is 10.8 Å². The van der Waals surface area contributed by atoms with E-state index < -0.39 is 0 Å². The van der Waals surface area contributed by atoms with Crippen LogP contribution in [0.25, 0.3) is 0 Å². The molecule has 2 rings (SSSR count). The summed E-state index contributed by atoms with van der Waals surface area (Å²) in [5, 5.41) is 2.79. The molecule has 1 saturated heterocycles. The number of hydrogen-bond acceptors (Lipinski definition) is 6. The van der Waals surface area contributed by atoms with E-state index in [1.807, 2.05) is 5.38 Å². The van der Waals surface area contributed by atoms with Gasteiger partial charge >= 0.3 is 0 Å². The smallest absolute Gasteiger partial charge is 0.197 e. The molecule has 0 unspecified atom stereocenters. The highest BCUT2D eigenvalue weighted by Crippen LogP contribution is 2.18. The zero-order valence-electron chi connectivity index (χ0n) is 8.06. The molecule has 1 aromatic heterocycles. The van der Waals surface area contributed by atoms with Gasteiger partial charge in [-0.3, -0.25) is 10.3 Å². The summed E-state index contributed by atoms with van der Waals surface area (Å²) in [4.78, 5) is 6.60. The Morgan fingerprint density at radius 1 is 1.79 bits per heavy atom. The summed E-state index contributed by atoms with van der Waals surface area (Å²) < 4.78 is 5.19. The highest BCUT2D eigenvalue weighted by molar-refractivity contribution is 7.13. The largest absolute Gasteiger partial charge is 0.379 e. The Hall–Kier alpha value is -0.690. The van der Waals surface area contributed by atoms with Gasteiger partial charge in [0.15, 0.2) is 5.13 Å². The number of anilines is 1. The molecule has 6 heteroatoms. The monoisotopic (exact) mass is 214 g/mol. The average Bonchev–Trinajstić information content (AvgIpc) is 2.58. The number of nitrogens with one attached hydrogen (secondary N) is 1. The maximum Gasteiger partial charge on any atom is 0.197 e.